The predicted octanol–water partition coefficient (Wildman–Crippen LogP) is 1.55. The van der Waals surface area contributed by atoms with Crippen molar-refractivity contribution in [3.8, 4) is 0 Å². The summed E-state index contributed by atoms with van der Waals surface area (Å²) >= 11 is 0. The van der Waals surface area contributed by atoms with Crippen LogP contribution in [0, 0.1) is 0 Å². The highest BCUT2D eigenvalue weighted by Gasteiger charge is 2.52. The minimum Gasteiger partial charge on any atom is -0.480 e. The van der Waals surface area contributed by atoms with Gasteiger partial charge < -0.3 is 5.11 Å². The highest BCUT2D eigenvalue weighted by Crippen LogP contribution is 2.41. The number of carboxylic acids is 1. The minimum atomic E-state index is -0.598. The molecule has 3 aliphatic heterocycles. The van der Waals surface area contributed by atoms with Gasteiger partial charge in [-0.05, 0) is 51.6 Å². The number of carbonyl (C=O) groups is 1. The first kappa shape index (κ1) is 12.4. The summed E-state index contributed by atoms with van der Waals surface area (Å²) in [6, 6.07) is 1.12. The van der Waals surface area contributed by atoms with E-state index in [-0.39, 0.29) is 0 Å². The lowest BCUT2D eigenvalue weighted by atomic mass is 9.90. The fourth-order valence-electron chi connectivity index (χ4n) is 4.56. The van der Waals surface area contributed by atoms with E-state index in [9.17, 15) is 9.90 Å². The average Bonchev–Trinajstić information content (AvgIpc) is 3.03. The Labute approximate surface area is 109 Å². The molecule has 3 heterocycles. The van der Waals surface area contributed by atoms with Crippen molar-refractivity contribution in [3.63, 3.8) is 0 Å². The zero-order chi connectivity index (χ0) is 12.8. The first-order valence-corrected chi connectivity index (χ1v) is 7.43. The zero-order valence-corrected chi connectivity index (χ0v) is 11.3. The second-order valence-electron chi connectivity index (χ2n) is 6.09. The van der Waals surface area contributed by atoms with Crippen molar-refractivity contribution in [3.05, 3.63) is 0 Å². The van der Waals surface area contributed by atoms with Gasteiger partial charge in [0.1, 0.15) is 5.54 Å². The molecule has 3 atom stereocenters. The molecule has 3 aliphatic rings. The molecule has 102 valence electrons. The van der Waals surface area contributed by atoms with E-state index in [1.165, 1.54) is 32.4 Å². The smallest absolute Gasteiger partial charge is 0.324 e. The Hall–Kier alpha value is -0.610. The lowest BCUT2D eigenvalue weighted by Gasteiger charge is -2.40. The van der Waals surface area contributed by atoms with Crippen LogP contribution in [0.15, 0.2) is 0 Å². The average molecular weight is 252 g/mol. The maximum Gasteiger partial charge on any atom is 0.324 e. The monoisotopic (exact) mass is 252 g/mol. The maximum absolute atomic E-state index is 11.8. The molecule has 0 spiro atoms. The second kappa shape index (κ2) is 4.49. The Kier molecular flexibility index (Phi) is 3.10. The second-order valence-corrected chi connectivity index (χ2v) is 6.09. The van der Waals surface area contributed by atoms with Crippen molar-refractivity contribution in [2.24, 2.45) is 0 Å². The van der Waals surface area contributed by atoms with Crippen molar-refractivity contribution in [1.29, 1.82) is 0 Å². The number of carboxylic acid groups (broad SMARTS) is 1. The summed E-state index contributed by atoms with van der Waals surface area (Å²) in [6.07, 6.45) is 6.35. The molecule has 0 aromatic heterocycles. The molecule has 0 bridgehead atoms. The normalized spacial score (nSPS) is 41.4. The van der Waals surface area contributed by atoms with Crippen LogP contribution < -0.4 is 0 Å². The van der Waals surface area contributed by atoms with E-state index in [0.29, 0.717) is 12.1 Å². The third kappa shape index (κ3) is 1.62. The van der Waals surface area contributed by atoms with Crippen LogP contribution in [0.1, 0.15) is 45.4 Å². The summed E-state index contributed by atoms with van der Waals surface area (Å²) in [4.78, 5) is 16.7. The Balaban J connectivity index is 1.84. The number of nitrogens with zero attached hydrogens (tertiary/aromatic N) is 2. The van der Waals surface area contributed by atoms with Crippen LogP contribution in [0.3, 0.4) is 0 Å². The van der Waals surface area contributed by atoms with Crippen molar-refractivity contribution >= 4 is 5.97 Å². The van der Waals surface area contributed by atoms with E-state index in [4.69, 9.17) is 0 Å². The van der Waals surface area contributed by atoms with Crippen LogP contribution in [-0.2, 0) is 4.79 Å². The van der Waals surface area contributed by atoms with Crippen molar-refractivity contribution < 1.29 is 9.90 Å². The Morgan fingerprint density at radius 3 is 2.78 bits per heavy atom. The number of hydrogen-bond acceptors (Lipinski definition) is 3. The van der Waals surface area contributed by atoms with E-state index in [0.717, 1.165) is 25.8 Å². The molecule has 4 heteroatoms. The zero-order valence-electron chi connectivity index (χ0n) is 11.3. The number of aliphatic carboxylic acids is 1. The summed E-state index contributed by atoms with van der Waals surface area (Å²) in [5.74, 6) is -0.598. The quantitative estimate of drug-likeness (QED) is 0.827. The third-order valence-electron chi connectivity index (χ3n) is 5.49. The van der Waals surface area contributed by atoms with Crippen LogP contribution in [0.2, 0.25) is 0 Å². The number of rotatable bonds is 3. The highest BCUT2D eigenvalue weighted by atomic mass is 16.4. The largest absolute Gasteiger partial charge is 0.480 e. The van der Waals surface area contributed by atoms with Gasteiger partial charge in [-0.3, -0.25) is 14.6 Å². The maximum atomic E-state index is 11.8. The Bertz CT molecular complexity index is 347. The van der Waals surface area contributed by atoms with Gasteiger partial charge >= 0.3 is 5.97 Å². The molecule has 0 radical (unpaired) electrons. The van der Waals surface area contributed by atoms with Crippen LogP contribution in [0.4, 0.5) is 0 Å². The van der Waals surface area contributed by atoms with E-state index < -0.39 is 11.5 Å². The molecule has 1 N–H and O–H groups in total. The topological polar surface area (TPSA) is 43.8 Å². The fourth-order valence-corrected chi connectivity index (χ4v) is 4.56. The van der Waals surface area contributed by atoms with Gasteiger partial charge in [0.05, 0.1) is 0 Å². The van der Waals surface area contributed by atoms with Crippen molar-refractivity contribution in [2.75, 3.05) is 19.6 Å². The molecule has 0 saturated carbocycles. The van der Waals surface area contributed by atoms with Crippen molar-refractivity contribution in [2.45, 2.75) is 63.1 Å². The Morgan fingerprint density at radius 1 is 1.22 bits per heavy atom. The summed E-state index contributed by atoms with van der Waals surface area (Å²) in [5.41, 5.74) is -0.566. The van der Waals surface area contributed by atoms with Gasteiger partial charge in [0.25, 0.3) is 0 Å². The van der Waals surface area contributed by atoms with Crippen molar-refractivity contribution in [1.82, 2.24) is 9.80 Å². The molecule has 3 unspecified atom stereocenters. The Morgan fingerprint density at radius 2 is 2.06 bits per heavy atom. The van der Waals surface area contributed by atoms with Gasteiger partial charge in [-0.25, -0.2) is 0 Å². The van der Waals surface area contributed by atoms with Crippen LogP contribution in [0.5, 0.6) is 0 Å². The lowest BCUT2D eigenvalue weighted by molar-refractivity contribution is -0.151. The molecule has 3 fully saturated rings. The summed E-state index contributed by atoms with van der Waals surface area (Å²) in [7, 11) is 0. The standard InChI is InChI=1S/C14H24N2O2/c1-2-14(13(17)18)7-4-9-16(14)12-6-10-15-8-3-5-11(12)15/h11-12H,2-10H2,1H3,(H,17,18). The van der Waals surface area contributed by atoms with Crippen LogP contribution in [0.25, 0.3) is 0 Å². The molecule has 0 aromatic rings. The molecule has 4 nitrogen and oxygen atoms in total. The van der Waals surface area contributed by atoms with Gasteiger partial charge in [-0.15, -0.1) is 0 Å². The minimum absolute atomic E-state index is 0.492. The van der Waals surface area contributed by atoms with Crippen LogP contribution >= 0.6 is 0 Å². The molecular weight excluding hydrogens is 228 g/mol. The number of likely N-dealkylation sites (tertiary alicyclic amines) is 1. The van der Waals surface area contributed by atoms with E-state index >= 15 is 0 Å². The first-order valence-electron chi connectivity index (χ1n) is 7.43. The number of hydrogen-bond donors (Lipinski definition) is 1. The van der Waals surface area contributed by atoms with Crippen LogP contribution in [-0.4, -0.2) is 58.1 Å². The fraction of sp³-hybridized carbons (Fsp3) is 0.929. The molecule has 0 aromatic carbocycles. The summed E-state index contributed by atoms with van der Waals surface area (Å²) in [5, 5.41) is 9.68. The highest BCUT2D eigenvalue weighted by molar-refractivity contribution is 5.79. The molecule has 18 heavy (non-hydrogen) atoms. The van der Waals surface area contributed by atoms with E-state index in [1.54, 1.807) is 0 Å². The molecular formula is C14H24N2O2. The molecule has 3 rings (SSSR count). The van der Waals surface area contributed by atoms with Gasteiger partial charge in [0.2, 0.25) is 0 Å². The molecule has 0 amide bonds. The summed E-state index contributed by atoms with van der Waals surface area (Å²) in [6.45, 7) is 5.41. The van der Waals surface area contributed by atoms with Gasteiger partial charge in [0, 0.05) is 18.6 Å². The third-order valence-corrected chi connectivity index (χ3v) is 5.49. The first-order chi connectivity index (χ1) is 8.69. The molecule has 0 aliphatic carbocycles. The van der Waals surface area contributed by atoms with Gasteiger partial charge in [-0.2, -0.15) is 0 Å². The predicted molar refractivity (Wildman–Crippen MR) is 69.6 cm³/mol. The van der Waals surface area contributed by atoms with Gasteiger partial charge in [0.15, 0.2) is 0 Å². The van der Waals surface area contributed by atoms with E-state index in [2.05, 4.69) is 9.80 Å². The van der Waals surface area contributed by atoms with E-state index in [1.807, 2.05) is 6.92 Å². The molecule has 3 saturated heterocycles. The number of fused-ring (bicyclic) bond motifs is 1. The summed E-state index contributed by atoms with van der Waals surface area (Å²) < 4.78 is 0. The SMILES string of the molecule is CCC1(C(=O)O)CCCN1C1CCN2CCCC12. The lowest BCUT2D eigenvalue weighted by Crippen LogP contribution is -2.56. The van der Waals surface area contributed by atoms with Gasteiger partial charge in [-0.1, -0.05) is 6.92 Å².